The summed E-state index contributed by atoms with van der Waals surface area (Å²) >= 11 is 1.82. The number of aryl methyl sites for hydroxylation is 1. The second-order valence-electron chi connectivity index (χ2n) is 2.17. The Bertz CT molecular complexity index is 183. The molecule has 0 aliphatic heterocycles. The van der Waals surface area contributed by atoms with Gasteiger partial charge < -0.3 is 0 Å². The van der Waals surface area contributed by atoms with E-state index in [2.05, 4.69) is 37.4 Å². The first-order chi connectivity index (χ1) is 4.88. The molecule has 0 amide bonds. The van der Waals surface area contributed by atoms with Crippen molar-refractivity contribution in [1.29, 1.82) is 0 Å². The second-order valence-corrected chi connectivity index (χ2v) is 3.01. The zero-order chi connectivity index (χ0) is 7.40. The predicted octanol–water partition coefficient (Wildman–Crippen LogP) is 3.61. The largest absolute Gasteiger partial charge is 0.129 e. The molecule has 0 aromatic heterocycles. The van der Waals surface area contributed by atoms with Gasteiger partial charge in [-0.1, -0.05) is 32.5 Å². The van der Waals surface area contributed by atoms with Crippen LogP contribution in [0.15, 0.2) is 29.2 Å². The fourth-order valence-corrected chi connectivity index (χ4v) is 1.68. The topological polar surface area (TPSA) is 0 Å². The Morgan fingerprint density at radius 1 is 1.27 bits per heavy atom. The summed E-state index contributed by atoms with van der Waals surface area (Å²) in [6.45, 7) is 2.19. The number of hydrogen-bond acceptors (Lipinski definition) is 1. The van der Waals surface area contributed by atoms with Crippen LogP contribution in [0.1, 0.15) is 19.9 Å². The molecule has 62 valence electrons. The van der Waals surface area contributed by atoms with Gasteiger partial charge in [0.2, 0.25) is 0 Å². The maximum Gasteiger partial charge on any atom is 0.0101 e. The highest BCUT2D eigenvalue weighted by Crippen LogP contribution is 2.19. The fourth-order valence-electron chi connectivity index (χ4n) is 0.995. The van der Waals surface area contributed by atoms with E-state index in [4.69, 9.17) is 0 Å². The van der Waals surface area contributed by atoms with Crippen molar-refractivity contribution in [3.8, 4) is 0 Å². The van der Waals surface area contributed by atoms with Crippen LogP contribution < -0.4 is 0 Å². The average molecular weight is 168 g/mol. The van der Waals surface area contributed by atoms with Gasteiger partial charge in [-0.3, -0.25) is 0 Å². The molecule has 0 aliphatic rings. The molecule has 0 heterocycles. The summed E-state index contributed by atoms with van der Waals surface area (Å²) in [5.41, 5.74) is 1.45. The maximum atomic E-state index is 2.19. The lowest BCUT2D eigenvalue weighted by atomic mass is 10.2. The Balaban J connectivity index is 0.000001000. The third-order valence-corrected chi connectivity index (χ3v) is 2.41. The van der Waals surface area contributed by atoms with Crippen LogP contribution in [0.4, 0.5) is 0 Å². The van der Waals surface area contributed by atoms with Gasteiger partial charge in [0.1, 0.15) is 0 Å². The summed E-state index contributed by atoms with van der Waals surface area (Å²) in [5.74, 6) is 0. The monoisotopic (exact) mass is 168 g/mol. The van der Waals surface area contributed by atoms with Crippen LogP contribution in [0.2, 0.25) is 0 Å². The zero-order valence-electron chi connectivity index (χ0n) is 6.42. The van der Waals surface area contributed by atoms with E-state index in [1.807, 2.05) is 11.8 Å². The van der Waals surface area contributed by atoms with Crippen molar-refractivity contribution in [2.45, 2.75) is 25.7 Å². The summed E-state index contributed by atoms with van der Waals surface area (Å²) < 4.78 is 0. The van der Waals surface area contributed by atoms with E-state index in [-0.39, 0.29) is 7.43 Å². The van der Waals surface area contributed by atoms with Crippen molar-refractivity contribution >= 4 is 11.8 Å². The van der Waals surface area contributed by atoms with Crippen LogP contribution in [-0.4, -0.2) is 6.26 Å². The van der Waals surface area contributed by atoms with Crippen LogP contribution in [-0.2, 0) is 6.42 Å². The van der Waals surface area contributed by atoms with Gasteiger partial charge in [-0.15, -0.1) is 11.8 Å². The van der Waals surface area contributed by atoms with Crippen LogP contribution in [0, 0.1) is 0 Å². The summed E-state index contributed by atoms with van der Waals surface area (Å²) in [6.07, 6.45) is 3.26. The molecule has 0 fully saturated rings. The number of benzene rings is 1. The quantitative estimate of drug-likeness (QED) is 0.608. The van der Waals surface area contributed by atoms with E-state index in [1.54, 1.807) is 0 Å². The minimum atomic E-state index is 0. The summed E-state index contributed by atoms with van der Waals surface area (Å²) in [6, 6.07) is 8.54. The summed E-state index contributed by atoms with van der Waals surface area (Å²) in [5, 5.41) is 0. The highest BCUT2D eigenvalue weighted by Gasteiger charge is 1.94. The van der Waals surface area contributed by atoms with E-state index >= 15 is 0 Å². The van der Waals surface area contributed by atoms with E-state index in [1.165, 1.54) is 10.5 Å². The van der Waals surface area contributed by atoms with Gasteiger partial charge in [-0.05, 0) is 24.3 Å². The predicted molar refractivity (Wildman–Crippen MR) is 54.3 cm³/mol. The highest BCUT2D eigenvalue weighted by molar-refractivity contribution is 7.98. The molecule has 1 heteroatoms. The Labute approximate surface area is 74.0 Å². The molecule has 0 N–H and O–H groups in total. The Morgan fingerprint density at radius 3 is 2.36 bits per heavy atom. The van der Waals surface area contributed by atoms with Gasteiger partial charge in [-0.2, -0.15) is 0 Å². The molecule has 0 aliphatic carbocycles. The maximum absolute atomic E-state index is 2.19. The van der Waals surface area contributed by atoms with Gasteiger partial charge in [0.25, 0.3) is 0 Å². The Hall–Kier alpha value is -0.430. The van der Waals surface area contributed by atoms with Crippen molar-refractivity contribution in [3.05, 3.63) is 29.8 Å². The molecule has 0 nitrogen and oxygen atoms in total. The molecule has 1 rings (SSSR count). The molecule has 0 bridgehead atoms. The third kappa shape index (κ3) is 2.58. The van der Waals surface area contributed by atoms with Gasteiger partial charge in [0, 0.05) is 4.90 Å². The van der Waals surface area contributed by atoms with Crippen LogP contribution >= 0.6 is 11.8 Å². The minimum Gasteiger partial charge on any atom is -0.129 e. The molecule has 1 aromatic carbocycles. The summed E-state index contributed by atoms with van der Waals surface area (Å²) in [4.78, 5) is 1.41. The van der Waals surface area contributed by atoms with Crippen LogP contribution in [0.25, 0.3) is 0 Å². The molecule has 0 radical (unpaired) electrons. The lowest BCUT2D eigenvalue weighted by molar-refractivity contribution is 1.08. The van der Waals surface area contributed by atoms with Crippen molar-refractivity contribution in [3.63, 3.8) is 0 Å². The molecule has 1 aromatic rings. The normalized spacial score (nSPS) is 8.91. The lowest BCUT2D eigenvalue weighted by Crippen LogP contribution is -1.81. The van der Waals surface area contributed by atoms with Crippen molar-refractivity contribution < 1.29 is 0 Å². The molecule has 0 saturated carbocycles. The second kappa shape index (κ2) is 5.25. The van der Waals surface area contributed by atoms with E-state index in [0.29, 0.717) is 0 Å². The standard InChI is InChI=1S/C9H12S.CH4/c1-3-8-6-4-5-7-9(8)10-2;/h4-7H,3H2,1-2H3;1H4. The molecule has 0 atom stereocenters. The molecule has 0 unspecified atom stereocenters. The van der Waals surface area contributed by atoms with E-state index < -0.39 is 0 Å². The van der Waals surface area contributed by atoms with Crippen molar-refractivity contribution in [2.24, 2.45) is 0 Å². The first kappa shape index (κ1) is 10.6. The number of hydrogen-bond donors (Lipinski definition) is 0. The third-order valence-electron chi connectivity index (χ3n) is 1.57. The van der Waals surface area contributed by atoms with Crippen LogP contribution in [0.5, 0.6) is 0 Å². The van der Waals surface area contributed by atoms with Gasteiger partial charge in [-0.25, -0.2) is 0 Å². The number of thioether (sulfide) groups is 1. The molecule has 11 heavy (non-hydrogen) atoms. The summed E-state index contributed by atoms with van der Waals surface area (Å²) in [7, 11) is 0. The average Bonchev–Trinajstić information content (AvgIpc) is 2.04. The van der Waals surface area contributed by atoms with Crippen molar-refractivity contribution in [1.82, 2.24) is 0 Å². The lowest BCUT2D eigenvalue weighted by Gasteiger charge is -2.01. The van der Waals surface area contributed by atoms with Crippen LogP contribution in [0.3, 0.4) is 0 Å². The zero-order valence-corrected chi connectivity index (χ0v) is 7.24. The molecule has 0 spiro atoms. The van der Waals surface area contributed by atoms with E-state index in [0.717, 1.165) is 6.42 Å². The van der Waals surface area contributed by atoms with E-state index in [9.17, 15) is 0 Å². The fraction of sp³-hybridized carbons (Fsp3) is 0.400. The highest BCUT2D eigenvalue weighted by atomic mass is 32.2. The molecule has 0 saturated heterocycles. The molecular formula is C10H16S. The first-order valence-electron chi connectivity index (χ1n) is 3.50. The Morgan fingerprint density at radius 2 is 1.91 bits per heavy atom. The Kier molecular flexibility index (Phi) is 5.05. The van der Waals surface area contributed by atoms with Gasteiger partial charge >= 0.3 is 0 Å². The smallest absolute Gasteiger partial charge is 0.0101 e. The van der Waals surface area contributed by atoms with Gasteiger partial charge in [0.15, 0.2) is 0 Å². The van der Waals surface area contributed by atoms with Gasteiger partial charge in [0.05, 0.1) is 0 Å². The minimum absolute atomic E-state index is 0. The number of rotatable bonds is 2. The first-order valence-corrected chi connectivity index (χ1v) is 4.73. The SMILES string of the molecule is C.CCc1ccccc1SC. The molecular weight excluding hydrogens is 152 g/mol. The van der Waals surface area contributed by atoms with Crippen molar-refractivity contribution in [2.75, 3.05) is 6.26 Å².